The molecule has 1 aromatic heterocycles. The van der Waals surface area contributed by atoms with E-state index in [1.807, 2.05) is 32.0 Å². The van der Waals surface area contributed by atoms with E-state index in [1.54, 1.807) is 23.0 Å². The highest BCUT2D eigenvalue weighted by atomic mass is 32.2. The second-order valence-electron chi connectivity index (χ2n) is 9.88. The zero-order valence-corrected chi connectivity index (χ0v) is 25.0. The van der Waals surface area contributed by atoms with Crippen molar-refractivity contribution in [2.24, 2.45) is 10.7 Å². The number of amides is 1. The second-order valence-corrected chi connectivity index (χ2v) is 10.7. The predicted octanol–water partition coefficient (Wildman–Crippen LogP) is 6.49. The molecule has 222 valence electrons. The zero-order chi connectivity index (χ0) is 31.3. The van der Waals surface area contributed by atoms with Crippen LogP contribution in [0.15, 0.2) is 75.5 Å². The molecule has 0 saturated heterocycles. The highest BCUT2D eigenvalue weighted by molar-refractivity contribution is 8.01. The van der Waals surface area contributed by atoms with Gasteiger partial charge in [-0.1, -0.05) is 50.2 Å². The molecule has 1 amide bonds. The maximum Gasteiger partial charge on any atom is 0.265 e. The molecule has 4 aromatic rings. The molecule has 7 nitrogen and oxygen atoms in total. The summed E-state index contributed by atoms with van der Waals surface area (Å²) in [6.07, 6.45) is 1.23. The van der Waals surface area contributed by atoms with Crippen LogP contribution >= 0.6 is 11.8 Å². The lowest BCUT2D eigenvalue weighted by Crippen LogP contribution is -2.28. The number of nitrogens with two attached hydrogens (primary N) is 1. The molecule has 0 fully saturated rings. The van der Waals surface area contributed by atoms with Crippen molar-refractivity contribution in [2.45, 2.75) is 45.8 Å². The molecular weight excluding hydrogens is 570 g/mol. The maximum atomic E-state index is 15.4. The summed E-state index contributed by atoms with van der Waals surface area (Å²) in [4.78, 5) is 34.4. The first-order chi connectivity index (χ1) is 20.6. The second kappa shape index (κ2) is 13.6. The van der Waals surface area contributed by atoms with Gasteiger partial charge in [-0.25, -0.2) is 8.78 Å². The molecule has 3 N–H and O–H groups in total. The summed E-state index contributed by atoms with van der Waals surface area (Å²) in [5, 5.41) is 12.8. The third kappa shape index (κ3) is 6.75. The Hall–Kier alpha value is -4.57. The number of halogens is 2. The smallest absolute Gasteiger partial charge is 0.265 e. The Bertz CT molecular complexity index is 1780. The first-order valence-electron chi connectivity index (χ1n) is 13.7. The summed E-state index contributed by atoms with van der Waals surface area (Å²) < 4.78 is 30.7. The van der Waals surface area contributed by atoms with Gasteiger partial charge < -0.3 is 10.8 Å². The number of benzene rings is 3. The van der Waals surface area contributed by atoms with Gasteiger partial charge in [0.2, 0.25) is 11.8 Å². The van der Waals surface area contributed by atoms with E-state index in [4.69, 9.17) is 5.73 Å². The van der Waals surface area contributed by atoms with Gasteiger partial charge in [0.15, 0.2) is 0 Å². The SMILES string of the molecule is C=N/C(C)=C\SCc1nc(O)c(Cc2ccc(-c3ccc(F)cc3C(N)=O)c(F)c2)c(=O)n1-c1c(CC)cccc1CC. The molecule has 0 spiro atoms. The van der Waals surface area contributed by atoms with Crippen LogP contribution < -0.4 is 11.3 Å². The van der Waals surface area contributed by atoms with Gasteiger partial charge in [0.1, 0.15) is 17.5 Å². The number of aromatic hydroxyl groups is 1. The Morgan fingerprint density at radius 3 is 2.37 bits per heavy atom. The number of allylic oxidation sites excluding steroid dienone is 1. The lowest BCUT2D eigenvalue weighted by molar-refractivity contribution is 0.100. The number of carbonyl (C=O) groups excluding carboxylic acids is 1. The van der Waals surface area contributed by atoms with Crippen molar-refractivity contribution in [1.29, 1.82) is 0 Å². The molecule has 0 aliphatic rings. The van der Waals surface area contributed by atoms with Crippen LogP contribution in [0.5, 0.6) is 5.88 Å². The third-order valence-electron chi connectivity index (χ3n) is 7.08. The van der Waals surface area contributed by atoms with E-state index in [0.29, 0.717) is 29.9 Å². The Morgan fingerprint density at radius 2 is 1.77 bits per heavy atom. The summed E-state index contributed by atoms with van der Waals surface area (Å²) >= 11 is 1.37. The van der Waals surface area contributed by atoms with Crippen molar-refractivity contribution < 1.29 is 18.7 Å². The number of aryl methyl sites for hydroxylation is 2. The van der Waals surface area contributed by atoms with Crippen molar-refractivity contribution in [2.75, 3.05) is 0 Å². The quantitative estimate of drug-likeness (QED) is 0.191. The maximum absolute atomic E-state index is 15.4. The Kier molecular flexibility index (Phi) is 9.92. The number of para-hydroxylation sites is 1. The van der Waals surface area contributed by atoms with Gasteiger partial charge in [0, 0.05) is 23.2 Å². The van der Waals surface area contributed by atoms with Crippen LogP contribution in [0.3, 0.4) is 0 Å². The van der Waals surface area contributed by atoms with Crippen LogP contribution in [-0.2, 0) is 25.0 Å². The fourth-order valence-electron chi connectivity index (χ4n) is 4.89. The molecule has 0 atom stereocenters. The van der Waals surface area contributed by atoms with E-state index in [2.05, 4.69) is 16.7 Å². The van der Waals surface area contributed by atoms with Crippen molar-refractivity contribution in [1.82, 2.24) is 9.55 Å². The molecule has 0 bridgehead atoms. The fraction of sp³-hybridized carbons (Fsp3) is 0.212. The van der Waals surface area contributed by atoms with Gasteiger partial charge in [-0.05, 0) is 72.3 Å². The molecule has 1 heterocycles. The van der Waals surface area contributed by atoms with Crippen molar-refractivity contribution in [3.63, 3.8) is 0 Å². The summed E-state index contributed by atoms with van der Waals surface area (Å²) in [6, 6.07) is 13.5. The number of nitrogens with zero attached hydrogens (tertiary/aromatic N) is 3. The molecule has 0 aliphatic carbocycles. The van der Waals surface area contributed by atoms with Gasteiger partial charge >= 0.3 is 0 Å². The van der Waals surface area contributed by atoms with Crippen LogP contribution in [0.4, 0.5) is 8.78 Å². The molecular formula is C33H32F2N4O3S. The van der Waals surface area contributed by atoms with Gasteiger partial charge in [-0.15, -0.1) is 11.8 Å². The van der Waals surface area contributed by atoms with Crippen LogP contribution in [0.1, 0.15) is 59.2 Å². The number of rotatable bonds is 11. The van der Waals surface area contributed by atoms with Crippen LogP contribution in [-0.4, -0.2) is 27.3 Å². The molecule has 0 unspecified atom stereocenters. The molecule has 4 rings (SSSR count). The van der Waals surface area contributed by atoms with E-state index in [1.165, 1.54) is 30.0 Å². The van der Waals surface area contributed by atoms with E-state index in [9.17, 15) is 19.1 Å². The van der Waals surface area contributed by atoms with E-state index < -0.39 is 29.0 Å². The first kappa shape index (κ1) is 31.4. The number of hydrogen-bond donors (Lipinski definition) is 2. The Balaban J connectivity index is 1.84. The summed E-state index contributed by atoms with van der Waals surface area (Å²) in [5.41, 5.74) is 8.70. The topological polar surface area (TPSA) is 111 Å². The lowest BCUT2D eigenvalue weighted by atomic mass is 9.96. The molecule has 0 radical (unpaired) electrons. The fourth-order valence-corrected chi connectivity index (χ4v) is 5.63. The third-order valence-corrected chi connectivity index (χ3v) is 8.01. The highest BCUT2D eigenvalue weighted by Gasteiger charge is 2.22. The van der Waals surface area contributed by atoms with Crippen LogP contribution in [0.25, 0.3) is 16.8 Å². The van der Waals surface area contributed by atoms with E-state index in [0.717, 1.165) is 28.9 Å². The van der Waals surface area contributed by atoms with Crippen molar-refractivity contribution in [3.8, 4) is 22.7 Å². The number of aliphatic imine (C=N–C) groups is 1. The van der Waals surface area contributed by atoms with Crippen LogP contribution in [0, 0.1) is 11.6 Å². The first-order valence-corrected chi connectivity index (χ1v) is 14.7. The Morgan fingerprint density at radius 1 is 1.09 bits per heavy atom. The average molecular weight is 603 g/mol. The van der Waals surface area contributed by atoms with Crippen LogP contribution in [0.2, 0.25) is 0 Å². The minimum absolute atomic E-state index is 0.00736. The minimum atomic E-state index is -0.891. The molecule has 0 saturated carbocycles. The van der Waals surface area contributed by atoms with Crippen molar-refractivity contribution >= 4 is 24.4 Å². The highest BCUT2D eigenvalue weighted by Crippen LogP contribution is 2.30. The standard InChI is InChI=1S/C33H32F2N4O3S/c1-5-21-8-7-9-22(6-2)30(21)39-29(18-43-17-19(3)37-4)38-32(41)27(33(39)42)14-20-10-12-25(28(35)15-20)24-13-11-23(34)16-26(24)31(36)40/h7-13,15-17,41H,4-6,14,18H2,1-3H3,(H2,36,40)/b19-17-. The Labute approximate surface area is 252 Å². The monoisotopic (exact) mass is 602 g/mol. The summed E-state index contributed by atoms with van der Waals surface area (Å²) in [5.74, 6) is -2.06. The van der Waals surface area contributed by atoms with Crippen molar-refractivity contribution in [3.05, 3.63) is 121 Å². The summed E-state index contributed by atoms with van der Waals surface area (Å²) in [7, 11) is 0. The molecule has 10 heteroatoms. The lowest BCUT2D eigenvalue weighted by Gasteiger charge is -2.20. The number of carbonyl (C=O) groups is 1. The summed E-state index contributed by atoms with van der Waals surface area (Å²) in [6.45, 7) is 9.33. The van der Waals surface area contributed by atoms with Gasteiger partial charge in [0.05, 0.1) is 17.0 Å². The van der Waals surface area contributed by atoms with Gasteiger partial charge in [-0.2, -0.15) is 4.98 Å². The molecule has 0 aliphatic heterocycles. The number of primary amides is 1. The number of aromatic nitrogens is 2. The molecule has 3 aromatic carbocycles. The average Bonchev–Trinajstić information content (AvgIpc) is 2.99. The number of hydrogen-bond acceptors (Lipinski definition) is 6. The zero-order valence-electron chi connectivity index (χ0n) is 24.2. The van der Waals surface area contributed by atoms with Gasteiger partial charge in [-0.3, -0.25) is 19.1 Å². The predicted molar refractivity (Wildman–Crippen MR) is 168 cm³/mol. The largest absolute Gasteiger partial charge is 0.493 e. The van der Waals surface area contributed by atoms with E-state index in [-0.39, 0.29) is 34.4 Å². The normalized spacial score (nSPS) is 11.5. The van der Waals surface area contributed by atoms with E-state index >= 15 is 4.39 Å². The van der Waals surface area contributed by atoms with Gasteiger partial charge in [0.25, 0.3) is 5.56 Å². The number of thioether (sulfide) groups is 1. The molecule has 43 heavy (non-hydrogen) atoms. The minimum Gasteiger partial charge on any atom is -0.493 e.